The van der Waals surface area contributed by atoms with Crippen molar-refractivity contribution in [1.82, 2.24) is 5.32 Å². The first-order chi connectivity index (χ1) is 9.17. The van der Waals surface area contributed by atoms with E-state index in [0.29, 0.717) is 30.5 Å². The average molecular weight is 287 g/mol. The van der Waals surface area contributed by atoms with Crippen LogP contribution < -0.4 is 15.8 Å². The molecule has 0 saturated carbocycles. The van der Waals surface area contributed by atoms with Crippen molar-refractivity contribution in [1.29, 1.82) is 0 Å². The van der Waals surface area contributed by atoms with Crippen LogP contribution in [0.4, 0.5) is 0 Å². The lowest BCUT2D eigenvalue weighted by molar-refractivity contribution is -0.123. The van der Waals surface area contributed by atoms with Gasteiger partial charge in [-0.05, 0) is 30.7 Å². The van der Waals surface area contributed by atoms with Crippen molar-refractivity contribution in [3.63, 3.8) is 0 Å². The Labute approximate surface area is 118 Å². The summed E-state index contributed by atoms with van der Waals surface area (Å²) < 4.78 is 10.2. The summed E-state index contributed by atoms with van der Waals surface area (Å²) in [5.41, 5.74) is 6.51. The first kappa shape index (κ1) is 15.8. The summed E-state index contributed by atoms with van der Waals surface area (Å²) in [6.45, 7) is 1.43. The predicted octanol–water partition coefficient (Wildman–Crippen LogP) is 0.983. The number of hydrogen-bond acceptors (Lipinski definition) is 4. The zero-order chi connectivity index (χ0) is 14.1. The largest absolute Gasteiger partial charge is 0.482 e. The number of halogens is 1. The maximum absolute atomic E-state index is 11.4. The quantitative estimate of drug-likeness (QED) is 0.699. The van der Waals surface area contributed by atoms with Crippen LogP contribution in [-0.4, -0.2) is 39.3 Å². The van der Waals surface area contributed by atoms with E-state index in [4.69, 9.17) is 26.8 Å². The zero-order valence-electron chi connectivity index (χ0n) is 10.9. The van der Waals surface area contributed by atoms with Gasteiger partial charge in [0.15, 0.2) is 6.61 Å². The number of benzene rings is 1. The number of hydrogen-bond donors (Lipinski definition) is 2. The maximum Gasteiger partial charge on any atom is 0.258 e. The van der Waals surface area contributed by atoms with Gasteiger partial charge in [0.1, 0.15) is 5.75 Å². The molecule has 0 unspecified atom stereocenters. The molecule has 0 saturated heterocycles. The summed E-state index contributed by atoms with van der Waals surface area (Å²) in [5, 5.41) is 3.14. The lowest BCUT2D eigenvalue weighted by Crippen LogP contribution is -2.31. The first-order valence-electron chi connectivity index (χ1n) is 6.04. The fourth-order valence-electron chi connectivity index (χ4n) is 1.47. The summed E-state index contributed by atoms with van der Waals surface area (Å²) >= 11 is 6.06. The van der Waals surface area contributed by atoms with E-state index in [1.807, 2.05) is 6.07 Å². The monoisotopic (exact) mass is 286 g/mol. The van der Waals surface area contributed by atoms with Gasteiger partial charge in [-0.1, -0.05) is 17.7 Å². The molecule has 0 spiro atoms. The molecule has 0 aromatic heterocycles. The van der Waals surface area contributed by atoms with Crippen molar-refractivity contribution in [2.75, 3.05) is 33.4 Å². The lowest BCUT2D eigenvalue weighted by Gasteiger charge is -2.09. The van der Waals surface area contributed by atoms with E-state index in [2.05, 4.69) is 5.32 Å². The SMILES string of the molecule is COCCNC(=O)COc1ccc(CCN)cc1Cl. The Morgan fingerprint density at radius 3 is 2.89 bits per heavy atom. The van der Waals surface area contributed by atoms with Crippen LogP contribution >= 0.6 is 11.6 Å². The molecule has 3 N–H and O–H groups in total. The molecule has 1 aromatic carbocycles. The first-order valence-corrected chi connectivity index (χ1v) is 6.42. The molecule has 1 amide bonds. The highest BCUT2D eigenvalue weighted by Crippen LogP contribution is 2.25. The topological polar surface area (TPSA) is 73.6 Å². The number of carbonyl (C=O) groups excluding carboxylic acids is 1. The number of rotatable bonds is 8. The summed E-state index contributed by atoms with van der Waals surface area (Å²) in [6, 6.07) is 5.43. The Morgan fingerprint density at radius 2 is 2.26 bits per heavy atom. The standard InChI is InChI=1S/C13H19ClN2O3/c1-18-7-6-16-13(17)9-19-12-3-2-10(4-5-15)8-11(12)14/h2-3,8H,4-7,9,15H2,1H3,(H,16,17). The number of carbonyl (C=O) groups is 1. The van der Waals surface area contributed by atoms with Crippen LogP contribution in [0.5, 0.6) is 5.75 Å². The normalized spacial score (nSPS) is 10.3. The Bertz CT molecular complexity index is 413. The number of methoxy groups -OCH3 is 1. The minimum absolute atomic E-state index is 0.0698. The van der Waals surface area contributed by atoms with Crippen molar-refractivity contribution >= 4 is 17.5 Å². The van der Waals surface area contributed by atoms with Crippen LogP contribution in [0.15, 0.2) is 18.2 Å². The van der Waals surface area contributed by atoms with E-state index in [1.54, 1.807) is 19.2 Å². The zero-order valence-corrected chi connectivity index (χ0v) is 11.7. The highest BCUT2D eigenvalue weighted by molar-refractivity contribution is 6.32. The molecule has 1 rings (SSSR count). The van der Waals surface area contributed by atoms with Crippen LogP contribution in [0, 0.1) is 0 Å². The number of ether oxygens (including phenoxy) is 2. The fourth-order valence-corrected chi connectivity index (χ4v) is 1.73. The molecule has 106 valence electrons. The molecule has 0 fully saturated rings. The molecular weight excluding hydrogens is 268 g/mol. The van der Waals surface area contributed by atoms with E-state index in [-0.39, 0.29) is 12.5 Å². The fraction of sp³-hybridized carbons (Fsp3) is 0.462. The van der Waals surface area contributed by atoms with E-state index < -0.39 is 0 Å². The minimum atomic E-state index is -0.209. The van der Waals surface area contributed by atoms with Gasteiger partial charge in [-0.25, -0.2) is 0 Å². The summed E-state index contributed by atoms with van der Waals surface area (Å²) in [6.07, 6.45) is 0.761. The second-order valence-electron chi connectivity index (χ2n) is 3.93. The molecule has 0 atom stereocenters. The number of nitrogens with one attached hydrogen (secondary N) is 1. The van der Waals surface area contributed by atoms with Crippen LogP contribution in [0.3, 0.4) is 0 Å². The van der Waals surface area contributed by atoms with E-state index in [9.17, 15) is 4.79 Å². The molecular formula is C13H19ClN2O3. The van der Waals surface area contributed by atoms with Crippen molar-refractivity contribution in [2.45, 2.75) is 6.42 Å². The molecule has 0 radical (unpaired) electrons. The highest BCUT2D eigenvalue weighted by Gasteiger charge is 2.06. The number of nitrogens with two attached hydrogens (primary N) is 1. The summed E-state index contributed by atoms with van der Waals surface area (Å²) in [5.74, 6) is 0.281. The molecule has 0 aliphatic heterocycles. The lowest BCUT2D eigenvalue weighted by atomic mass is 10.1. The van der Waals surface area contributed by atoms with Crippen molar-refractivity contribution in [3.8, 4) is 5.75 Å². The summed E-state index contributed by atoms with van der Waals surface area (Å²) in [4.78, 5) is 11.4. The second kappa shape index (κ2) is 8.74. The third-order valence-corrected chi connectivity index (χ3v) is 2.71. The Morgan fingerprint density at radius 1 is 1.47 bits per heavy atom. The predicted molar refractivity (Wildman–Crippen MR) is 74.6 cm³/mol. The van der Waals surface area contributed by atoms with Gasteiger partial charge in [0.05, 0.1) is 11.6 Å². The number of amides is 1. The molecule has 6 heteroatoms. The van der Waals surface area contributed by atoms with Gasteiger partial charge < -0.3 is 20.5 Å². The van der Waals surface area contributed by atoms with Gasteiger partial charge in [-0.3, -0.25) is 4.79 Å². The van der Waals surface area contributed by atoms with Gasteiger partial charge in [0, 0.05) is 13.7 Å². The Kier molecular flexibility index (Phi) is 7.25. The third-order valence-electron chi connectivity index (χ3n) is 2.42. The Balaban J connectivity index is 2.42. The van der Waals surface area contributed by atoms with E-state index >= 15 is 0 Å². The van der Waals surface area contributed by atoms with Gasteiger partial charge in [0.25, 0.3) is 5.91 Å². The Hall–Kier alpha value is -1.30. The molecule has 19 heavy (non-hydrogen) atoms. The smallest absolute Gasteiger partial charge is 0.258 e. The van der Waals surface area contributed by atoms with Crippen LogP contribution in [-0.2, 0) is 16.0 Å². The average Bonchev–Trinajstić information content (AvgIpc) is 2.38. The third kappa shape index (κ3) is 5.92. The van der Waals surface area contributed by atoms with Crippen LogP contribution in [0.1, 0.15) is 5.56 Å². The minimum Gasteiger partial charge on any atom is -0.482 e. The van der Waals surface area contributed by atoms with Crippen LogP contribution in [0.25, 0.3) is 0 Å². The maximum atomic E-state index is 11.4. The highest BCUT2D eigenvalue weighted by atomic mass is 35.5. The van der Waals surface area contributed by atoms with Gasteiger partial charge >= 0.3 is 0 Å². The van der Waals surface area contributed by atoms with Crippen molar-refractivity contribution in [2.24, 2.45) is 5.73 Å². The molecule has 0 heterocycles. The van der Waals surface area contributed by atoms with Gasteiger partial charge in [-0.15, -0.1) is 0 Å². The van der Waals surface area contributed by atoms with E-state index in [1.165, 1.54) is 0 Å². The van der Waals surface area contributed by atoms with Crippen molar-refractivity contribution in [3.05, 3.63) is 28.8 Å². The van der Waals surface area contributed by atoms with E-state index in [0.717, 1.165) is 12.0 Å². The molecule has 0 bridgehead atoms. The van der Waals surface area contributed by atoms with Crippen LogP contribution in [0.2, 0.25) is 5.02 Å². The molecule has 1 aromatic rings. The molecule has 0 aliphatic carbocycles. The van der Waals surface area contributed by atoms with Gasteiger partial charge in [-0.2, -0.15) is 0 Å². The van der Waals surface area contributed by atoms with Gasteiger partial charge in [0.2, 0.25) is 0 Å². The summed E-state index contributed by atoms with van der Waals surface area (Å²) in [7, 11) is 1.57. The molecule has 0 aliphatic rings. The second-order valence-corrected chi connectivity index (χ2v) is 4.34. The van der Waals surface area contributed by atoms with Crippen molar-refractivity contribution < 1.29 is 14.3 Å². The molecule has 5 nitrogen and oxygen atoms in total.